The molecule has 0 saturated carbocycles. The summed E-state index contributed by atoms with van der Waals surface area (Å²) in [6, 6.07) is 6.66. The molecule has 0 saturated heterocycles. The summed E-state index contributed by atoms with van der Waals surface area (Å²) in [7, 11) is -3.67. The van der Waals surface area contributed by atoms with Crippen molar-refractivity contribution in [2.45, 2.75) is 44.5 Å². The van der Waals surface area contributed by atoms with Crippen molar-refractivity contribution in [3.63, 3.8) is 0 Å². The largest absolute Gasteiger partial charge is 0.461 e. The first kappa shape index (κ1) is 24.9. The highest BCUT2D eigenvalue weighted by Crippen LogP contribution is 2.29. The second-order valence-electron chi connectivity index (χ2n) is 7.45. The Hall–Kier alpha value is -2.69. The lowest BCUT2D eigenvalue weighted by molar-refractivity contribution is 0.102. The van der Waals surface area contributed by atoms with Crippen LogP contribution in [0.1, 0.15) is 41.0 Å². The number of aryl methyl sites for hydroxylation is 2. The Morgan fingerprint density at radius 3 is 2.42 bits per heavy atom. The number of thioether (sulfide) groups is 1. The smallest absolute Gasteiger partial charge is 0.260 e. The van der Waals surface area contributed by atoms with Gasteiger partial charge in [-0.3, -0.25) is 4.79 Å². The minimum absolute atomic E-state index is 0.149. The topological polar surface area (TPSA) is 105 Å². The summed E-state index contributed by atoms with van der Waals surface area (Å²) in [6.45, 7) is 9.73. The summed E-state index contributed by atoms with van der Waals surface area (Å²) in [5.74, 6) is 0.515. The van der Waals surface area contributed by atoms with E-state index in [1.54, 1.807) is 39.0 Å². The van der Waals surface area contributed by atoms with Crippen LogP contribution in [0.25, 0.3) is 11.6 Å². The van der Waals surface area contributed by atoms with Gasteiger partial charge in [-0.25, -0.2) is 18.4 Å². The lowest BCUT2D eigenvalue weighted by atomic mass is 10.1. The van der Waals surface area contributed by atoms with Gasteiger partial charge in [0.25, 0.3) is 5.91 Å². The number of carbonyl (C=O) groups is 1. The molecule has 2 aromatic heterocycles. The Morgan fingerprint density at radius 1 is 1.15 bits per heavy atom. The fourth-order valence-corrected chi connectivity index (χ4v) is 5.67. The standard InChI is InChI=1S/C23H28N4O4S2/c1-7-27(8-2)33(29,30)17-12-14(3)15(4)18(13-17)25-22(28)20-16(5)24-21(26-23(20)32-6)19-10-9-11-31-19/h9-13H,7-8H2,1-6H3,(H,25,28). The predicted octanol–water partition coefficient (Wildman–Crippen LogP) is 4.67. The normalized spacial score (nSPS) is 11.7. The lowest BCUT2D eigenvalue weighted by Gasteiger charge is -2.20. The van der Waals surface area contributed by atoms with Crippen LogP contribution >= 0.6 is 11.8 Å². The average molecular weight is 489 g/mol. The molecule has 0 aliphatic rings. The van der Waals surface area contributed by atoms with Gasteiger partial charge in [-0.2, -0.15) is 4.31 Å². The number of nitrogens with zero attached hydrogens (tertiary/aromatic N) is 3. The van der Waals surface area contributed by atoms with Crippen LogP contribution in [0.3, 0.4) is 0 Å². The van der Waals surface area contributed by atoms with Crippen LogP contribution in [0.2, 0.25) is 0 Å². The maximum Gasteiger partial charge on any atom is 0.260 e. The third kappa shape index (κ3) is 4.97. The molecule has 0 aliphatic carbocycles. The Kier molecular flexibility index (Phi) is 7.61. The van der Waals surface area contributed by atoms with Gasteiger partial charge in [0, 0.05) is 18.8 Å². The van der Waals surface area contributed by atoms with Crippen molar-refractivity contribution in [3.05, 3.63) is 52.9 Å². The summed E-state index contributed by atoms with van der Waals surface area (Å²) in [5, 5.41) is 3.39. The Morgan fingerprint density at radius 2 is 1.85 bits per heavy atom. The van der Waals surface area contributed by atoms with E-state index in [0.717, 1.165) is 11.1 Å². The Bertz CT molecular complexity index is 1270. The number of sulfonamides is 1. The van der Waals surface area contributed by atoms with Crippen LogP contribution in [0.15, 0.2) is 44.9 Å². The van der Waals surface area contributed by atoms with Crippen molar-refractivity contribution in [3.8, 4) is 11.6 Å². The third-order valence-electron chi connectivity index (χ3n) is 5.45. The van der Waals surface area contributed by atoms with E-state index in [4.69, 9.17) is 4.42 Å². The van der Waals surface area contributed by atoms with Crippen LogP contribution in [0.4, 0.5) is 5.69 Å². The average Bonchev–Trinajstić information content (AvgIpc) is 3.31. The molecule has 0 radical (unpaired) electrons. The minimum Gasteiger partial charge on any atom is -0.461 e. The molecule has 0 fully saturated rings. The highest BCUT2D eigenvalue weighted by Gasteiger charge is 2.25. The summed E-state index contributed by atoms with van der Waals surface area (Å²) in [4.78, 5) is 22.4. The number of furan rings is 1. The first-order valence-corrected chi connectivity index (χ1v) is 13.2. The van der Waals surface area contributed by atoms with Crippen LogP contribution in [0, 0.1) is 20.8 Å². The summed E-state index contributed by atoms with van der Waals surface area (Å²) >= 11 is 1.33. The molecule has 0 aliphatic heterocycles. The first-order valence-electron chi connectivity index (χ1n) is 10.5. The number of anilines is 1. The molecule has 8 nitrogen and oxygen atoms in total. The molecule has 1 amide bonds. The molecule has 1 aromatic carbocycles. The quantitative estimate of drug-likeness (QED) is 0.363. The fourth-order valence-electron chi connectivity index (χ4n) is 3.47. The number of amides is 1. The number of hydrogen-bond acceptors (Lipinski definition) is 7. The molecule has 10 heteroatoms. The van der Waals surface area contributed by atoms with Crippen molar-refractivity contribution < 1.29 is 17.6 Å². The number of hydrogen-bond donors (Lipinski definition) is 1. The van der Waals surface area contributed by atoms with Gasteiger partial charge in [0.2, 0.25) is 10.0 Å². The van der Waals surface area contributed by atoms with Crippen LogP contribution in [-0.2, 0) is 10.0 Å². The Labute approximate surface area is 198 Å². The van der Waals surface area contributed by atoms with Gasteiger partial charge >= 0.3 is 0 Å². The van der Waals surface area contributed by atoms with E-state index in [-0.39, 0.29) is 4.90 Å². The molecule has 33 heavy (non-hydrogen) atoms. The van der Waals surface area contributed by atoms with Crippen molar-refractivity contribution in [1.82, 2.24) is 14.3 Å². The SMILES string of the molecule is CCN(CC)S(=O)(=O)c1cc(C)c(C)c(NC(=O)c2c(C)nc(-c3ccco3)nc2SC)c1. The monoisotopic (exact) mass is 488 g/mol. The molecule has 3 rings (SSSR count). The Balaban J connectivity index is 2.02. The number of benzene rings is 1. The molecule has 176 valence electrons. The summed E-state index contributed by atoms with van der Waals surface area (Å²) in [6.07, 6.45) is 3.37. The number of rotatable bonds is 8. The van der Waals surface area contributed by atoms with Gasteiger partial charge in [0.15, 0.2) is 11.6 Å². The molecular weight excluding hydrogens is 460 g/mol. The van der Waals surface area contributed by atoms with Crippen LogP contribution in [0.5, 0.6) is 0 Å². The highest BCUT2D eigenvalue weighted by molar-refractivity contribution is 7.98. The van der Waals surface area contributed by atoms with E-state index < -0.39 is 15.9 Å². The van der Waals surface area contributed by atoms with Crippen LogP contribution in [-0.4, -0.2) is 47.9 Å². The van der Waals surface area contributed by atoms with Crippen molar-refractivity contribution in [2.75, 3.05) is 24.7 Å². The van der Waals surface area contributed by atoms with Crippen molar-refractivity contribution in [1.29, 1.82) is 0 Å². The number of aromatic nitrogens is 2. The molecule has 3 aromatic rings. The second kappa shape index (κ2) is 10.1. The van der Waals surface area contributed by atoms with Gasteiger partial charge in [-0.15, -0.1) is 11.8 Å². The zero-order valence-corrected chi connectivity index (χ0v) is 21.2. The lowest BCUT2D eigenvalue weighted by Crippen LogP contribution is -2.30. The molecule has 0 spiro atoms. The van der Waals surface area contributed by atoms with E-state index in [1.165, 1.54) is 28.4 Å². The first-order chi connectivity index (χ1) is 15.6. The number of nitrogens with one attached hydrogen (secondary N) is 1. The van der Waals surface area contributed by atoms with Gasteiger partial charge in [0.05, 0.1) is 22.4 Å². The third-order valence-corrected chi connectivity index (χ3v) is 8.16. The van der Waals surface area contributed by atoms with E-state index in [1.807, 2.05) is 20.1 Å². The number of carbonyl (C=O) groups excluding carboxylic acids is 1. The predicted molar refractivity (Wildman–Crippen MR) is 130 cm³/mol. The zero-order valence-electron chi connectivity index (χ0n) is 19.6. The minimum atomic E-state index is -3.67. The highest BCUT2D eigenvalue weighted by atomic mass is 32.2. The molecule has 1 N–H and O–H groups in total. The fraction of sp³-hybridized carbons (Fsp3) is 0.348. The van der Waals surface area contributed by atoms with Gasteiger partial charge in [-0.1, -0.05) is 13.8 Å². The van der Waals surface area contributed by atoms with Gasteiger partial charge < -0.3 is 9.73 Å². The van der Waals surface area contributed by atoms with E-state index >= 15 is 0 Å². The van der Waals surface area contributed by atoms with Gasteiger partial charge in [-0.05, 0) is 62.4 Å². The maximum absolute atomic E-state index is 13.3. The summed E-state index contributed by atoms with van der Waals surface area (Å²) < 4.78 is 32.9. The van der Waals surface area contributed by atoms with E-state index in [0.29, 0.717) is 46.6 Å². The second-order valence-corrected chi connectivity index (χ2v) is 10.2. The molecule has 2 heterocycles. The molecule has 0 bridgehead atoms. The van der Waals surface area contributed by atoms with Crippen molar-refractivity contribution in [2.24, 2.45) is 0 Å². The van der Waals surface area contributed by atoms with Crippen molar-refractivity contribution >= 4 is 33.4 Å². The van der Waals surface area contributed by atoms with E-state index in [2.05, 4.69) is 15.3 Å². The summed E-state index contributed by atoms with van der Waals surface area (Å²) in [5.41, 5.74) is 2.83. The van der Waals surface area contributed by atoms with E-state index in [9.17, 15) is 13.2 Å². The van der Waals surface area contributed by atoms with Crippen LogP contribution < -0.4 is 5.32 Å². The molecule has 0 atom stereocenters. The molecule has 0 unspecified atom stereocenters. The molecular formula is C23H28N4O4S2. The van der Waals surface area contributed by atoms with Gasteiger partial charge in [0.1, 0.15) is 5.03 Å². The zero-order chi connectivity index (χ0) is 24.3. The maximum atomic E-state index is 13.3.